The third-order valence-electron chi connectivity index (χ3n) is 10.6. The van der Waals surface area contributed by atoms with Crippen LogP contribution in [0, 0.1) is 46.3 Å². The number of aliphatic hydroxyl groups excluding tert-OH is 1. The molecule has 0 bridgehead atoms. The quantitative estimate of drug-likeness (QED) is 0.642. The van der Waals surface area contributed by atoms with Gasteiger partial charge in [0.15, 0.2) is 5.78 Å². The summed E-state index contributed by atoms with van der Waals surface area (Å²) < 4.78 is 0. The van der Waals surface area contributed by atoms with Crippen molar-refractivity contribution in [2.45, 2.75) is 91.6 Å². The van der Waals surface area contributed by atoms with E-state index in [-0.39, 0.29) is 16.9 Å². The van der Waals surface area contributed by atoms with Crippen LogP contribution < -0.4 is 0 Å². The molecule has 166 valence electrons. The minimum atomic E-state index is -0.187. The molecule has 4 aliphatic carbocycles. The second kappa shape index (κ2) is 7.29. The van der Waals surface area contributed by atoms with Crippen LogP contribution in [-0.2, 0) is 4.79 Å². The number of aliphatic imine (C=N–C) groups is 1. The first kappa shape index (κ1) is 20.9. The van der Waals surface area contributed by atoms with Gasteiger partial charge in [-0.3, -0.25) is 9.79 Å². The highest BCUT2D eigenvalue weighted by Crippen LogP contribution is 2.67. The van der Waals surface area contributed by atoms with Gasteiger partial charge in [-0.25, -0.2) is 0 Å². The molecule has 0 amide bonds. The lowest BCUT2D eigenvalue weighted by atomic mass is 9.46. The van der Waals surface area contributed by atoms with Gasteiger partial charge in [0.1, 0.15) is 0 Å². The molecule has 1 N–H and O–H groups in total. The number of fused-ring (bicyclic) bond motifs is 5. The second-order valence-corrected chi connectivity index (χ2v) is 12.1. The van der Waals surface area contributed by atoms with Crippen molar-refractivity contribution in [3.63, 3.8) is 0 Å². The van der Waals surface area contributed by atoms with E-state index in [1.54, 1.807) is 0 Å². The Kier molecular flexibility index (Phi) is 5.08. The van der Waals surface area contributed by atoms with Gasteiger partial charge in [-0.15, -0.1) is 0 Å². The molecule has 1 aliphatic heterocycles. The minimum absolute atomic E-state index is 0.187. The van der Waals surface area contributed by atoms with Crippen molar-refractivity contribution < 1.29 is 9.90 Å². The molecule has 3 heteroatoms. The molecule has 0 radical (unpaired) electrons. The lowest BCUT2D eigenvalue weighted by molar-refractivity contribution is -0.117. The number of carbonyl (C=O) groups excluding carboxylic acids is 1. The average Bonchev–Trinajstić information content (AvgIpc) is 2.98. The Morgan fingerprint density at radius 3 is 2.63 bits per heavy atom. The lowest BCUT2D eigenvalue weighted by Crippen LogP contribution is -2.51. The molecule has 9 atom stereocenters. The zero-order valence-electron chi connectivity index (χ0n) is 19.5. The third-order valence-corrected chi connectivity index (χ3v) is 10.6. The number of hydrogen-bond donors (Lipinski definition) is 1. The van der Waals surface area contributed by atoms with Crippen LogP contribution in [0.25, 0.3) is 0 Å². The summed E-state index contributed by atoms with van der Waals surface area (Å²) in [6.45, 7) is 10.6. The van der Waals surface area contributed by atoms with Crippen molar-refractivity contribution in [3.05, 3.63) is 11.6 Å². The summed E-state index contributed by atoms with van der Waals surface area (Å²) >= 11 is 0. The predicted molar refractivity (Wildman–Crippen MR) is 121 cm³/mol. The number of aliphatic hydroxyl groups is 1. The van der Waals surface area contributed by atoms with E-state index in [2.05, 4.69) is 27.7 Å². The summed E-state index contributed by atoms with van der Waals surface area (Å²) in [5.41, 5.74) is 3.27. The molecule has 0 saturated heterocycles. The normalized spacial score (nSPS) is 49.4. The number of allylic oxidation sites excluding steroid dienone is 1. The summed E-state index contributed by atoms with van der Waals surface area (Å²) in [4.78, 5) is 17.0. The molecule has 30 heavy (non-hydrogen) atoms. The van der Waals surface area contributed by atoms with Crippen LogP contribution in [0.4, 0.5) is 0 Å². The van der Waals surface area contributed by atoms with Gasteiger partial charge in [0.2, 0.25) is 0 Å². The maximum Gasteiger partial charge on any atom is 0.155 e. The van der Waals surface area contributed by atoms with E-state index in [4.69, 9.17) is 4.99 Å². The highest BCUT2D eigenvalue weighted by Gasteiger charge is 2.62. The van der Waals surface area contributed by atoms with Crippen LogP contribution in [0.5, 0.6) is 0 Å². The van der Waals surface area contributed by atoms with E-state index in [1.807, 2.05) is 6.08 Å². The number of hydrogen-bond acceptors (Lipinski definition) is 3. The Bertz CT molecular complexity index is 784. The number of rotatable bonds is 2. The van der Waals surface area contributed by atoms with Gasteiger partial charge >= 0.3 is 0 Å². The highest BCUT2D eigenvalue weighted by molar-refractivity contribution is 5.91. The van der Waals surface area contributed by atoms with Crippen LogP contribution in [-0.4, -0.2) is 29.3 Å². The Balaban J connectivity index is 1.42. The summed E-state index contributed by atoms with van der Waals surface area (Å²) in [5, 5.41) is 11.3. The van der Waals surface area contributed by atoms with Crippen molar-refractivity contribution in [1.29, 1.82) is 0 Å². The molecule has 5 rings (SSSR count). The van der Waals surface area contributed by atoms with Crippen molar-refractivity contribution in [2.24, 2.45) is 51.3 Å². The molecule has 0 aromatic rings. The monoisotopic (exact) mass is 411 g/mol. The first-order chi connectivity index (χ1) is 14.2. The van der Waals surface area contributed by atoms with Crippen LogP contribution in [0.3, 0.4) is 0 Å². The van der Waals surface area contributed by atoms with E-state index in [9.17, 15) is 9.90 Å². The summed E-state index contributed by atoms with van der Waals surface area (Å²) in [7, 11) is 0. The van der Waals surface area contributed by atoms with E-state index in [1.165, 1.54) is 37.0 Å². The molecular formula is C27H41NO2. The molecule has 0 spiro atoms. The molecule has 1 heterocycles. The fraction of sp³-hybridized carbons (Fsp3) is 0.852. The third kappa shape index (κ3) is 3.01. The summed E-state index contributed by atoms with van der Waals surface area (Å²) in [6, 6.07) is 0. The van der Waals surface area contributed by atoms with Gasteiger partial charge in [0, 0.05) is 18.7 Å². The van der Waals surface area contributed by atoms with Crippen LogP contribution in [0.15, 0.2) is 16.6 Å². The standard InChI is InChI=1S/C27H41NO2/c1-16-5-8-23(28-15-16)17(2)25-24(30)14-22-20-7-6-18-13-19(29)9-11-26(18,3)21(20)10-12-27(22,25)4/h13,16-17,20-22,24-25,30H,5-12,14-15H2,1-4H3/t16?,17-,20-,21+,22+,24-,25+,26+,27+/m1/s1. The van der Waals surface area contributed by atoms with Crippen molar-refractivity contribution in [1.82, 2.24) is 0 Å². The lowest BCUT2D eigenvalue weighted by Gasteiger charge is -2.58. The number of nitrogens with zero attached hydrogens (tertiary/aromatic N) is 1. The SMILES string of the molecule is CC1CCC([C@@H](C)[C@H]2[C@H](O)C[C@H]3[C@@H]4CCC5=CC(=O)CC[C@]5(C)[C@H]4CC[C@]23C)=NC1. The van der Waals surface area contributed by atoms with Crippen molar-refractivity contribution in [3.8, 4) is 0 Å². The first-order valence-corrected chi connectivity index (χ1v) is 12.7. The van der Waals surface area contributed by atoms with Gasteiger partial charge in [-0.05, 0) is 104 Å². The van der Waals surface area contributed by atoms with E-state index in [0.717, 1.165) is 38.6 Å². The zero-order chi connectivity index (χ0) is 21.3. The van der Waals surface area contributed by atoms with E-state index >= 15 is 0 Å². The molecule has 0 aromatic heterocycles. The van der Waals surface area contributed by atoms with Gasteiger partial charge in [-0.2, -0.15) is 0 Å². The fourth-order valence-corrected chi connectivity index (χ4v) is 8.93. The Morgan fingerprint density at radius 2 is 1.90 bits per heavy atom. The Hall–Kier alpha value is -0.960. The largest absolute Gasteiger partial charge is 0.393 e. The molecule has 3 nitrogen and oxygen atoms in total. The van der Waals surface area contributed by atoms with Crippen LogP contribution in [0.1, 0.15) is 85.5 Å². The van der Waals surface area contributed by atoms with Crippen molar-refractivity contribution in [2.75, 3.05) is 6.54 Å². The molecule has 1 unspecified atom stereocenters. The average molecular weight is 412 g/mol. The summed E-state index contributed by atoms with van der Waals surface area (Å²) in [6.07, 6.45) is 11.7. The van der Waals surface area contributed by atoms with Gasteiger partial charge in [-0.1, -0.05) is 33.3 Å². The Labute approximate surface area is 182 Å². The molecule has 5 aliphatic rings. The van der Waals surface area contributed by atoms with E-state index < -0.39 is 0 Å². The first-order valence-electron chi connectivity index (χ1n) is 12.7. The second-order valence-electron chi connectivity index (χ2n) is 12.1. The summed E-state index contributed by atoms with van der Waals surface area (Å²) in [5.74, 6) is 3.83. The highest BCUT2D eigenvalue weighted by atomic mass is 16.3. The number of ketones is 1. The molecular weight excluding hydrogens is 370 g/mol. The Morgan fingerprint density at radius 1 is 1.10 bits per heavy atom. The van der Waals surface area contributed by atoms with Crippen LogP contribution >= 0.6 is 0 Å². The van der Waals surface area contributed by atoms with E-state index in [0.29, 0.717) is 41.3 Å². The smallest absolute Gasteiger partial charge is 0.155 e. The fourth-order valence-electron chi connectivity index (χ4n) is 8.93. The zero-order valence-corrected chi connectivity index (χ0v) is 19.5. The maximum atomic E-state index is 12.1. The van der Waals surface area contributed by atoms with Crippen molar-refractivity contribution >= 4 is 11.5 Å². The predicted octanol–water partition coefficient (Wildman–Crippen LogP) is 5.61. The molecule has 0 aromatic carbocycles. The topological polar surface area (TPSA) is 49.7 Å². The van der Waals surface area contributed by atoms with Gasteiger partial charge < -0.3 is 5.11 Å². The van der Waals surface area contributed by atoms with Gasteiger partial charge in [0.05, 0.1) is 6.10 Å². The van der Waals surface area contributed by atoms with Crippen LogP contribution in [0.2, 0.25) is 0 Å². The maximum absolute atomic E-state index is 12.1. The molecule has 3 fully saturated rings. The number of carbonyl (C=O) groups is 1. The van der Waals surface area contributed by atoms with Gasteiger partial charge in [0.25, 0.3) is 0 Å². The minimum Gasteiger partial charge on any atom is -0.393 e. The molecule has 3 saturated carbocycles.